The lowest BCUT2D eigenvalue weighted by atomic mass is 10.00. The van der Waals surface area contributed by atoms with Gasteiger partial charge in [-0.2, -0.15) is 0 Å². The van der Waals surface area contributed by atoms with Crippen LogP contribution in [0.25, 0.3) is 0 Å². The minimum Gasteiger partial charge on any atom is -0.504 e. The van der Waals surface area contributed by atoms with Crippen molar-refractivity contribution in [2.24, 2.45) is 0 Å². The number of aromatic hydroxyl groups is 1. The SMILES string of the molecule is COc1cc(CCNC/C=C2/C=C(C(=O)O)N[C@H](C(=O)O)C2)ccc1O. The van der Waals surface area contributed by atoms with Crippen LogP contribution in [0.5, 0.6) is 11.5 Å². The van der Waals surface area contributed by atoms with Gasteiger partial charge in [-0.15, -0.1) is 0 Å². The van der Waals surface area contributed by atoms with Gasteiger partial charge in [-0.3, -0.25) is 0 Å². The van der Waals surface area contributed by atoms with Gasteiger partial charge >= 0.3 is 11.9 Å². The van der Waals surface area contributed by atoms with Crippen molar-refractivity contribution in [3.8, 4) is 11.5 Å². The molecule has 2 rings (SSSR count). The van der Waals surface area contributed by atoms with Crippen molar-refractivity contribution >= 4 is 11.9 Å². The zero-order chi connectivity index (χ0) is 19.1. The van der Waals surface area contributed by atoms with Gasteiger partial charge in [-0.05, 0) is 42.3 Å². The Bertz CT molecular complexity index is 741. The molecule has 1 aliphatic heterocycles. The third-order valence-electron chi connectivity index (χ3n) is 3.97. The van der Waals surface area contributed by atoms with Crippen molar-refractivity contribution in [3.63, 3.8) is 0 Å². The van der Waals surface area contributed by atoms with Gasteiger partial charge < -0.3 is 30.7 Å². The predicted octanol–water partition coefficient (Wildman–Crippen LogP) is 0.874. The molecule has 0 unspecified atom stereocenters. The van der Waals surface area contributed by atoms with E-state index in [1.807, 2.05) is 6.07 Å². The highest BCUT2D eigenvalue weighted by molar-refractivity contribution is 5.89. The van der Waals surface area contributed by atoms with E-state index in [0.29, 0.717) is 24.4 Å². The number of hydrogen-bond donors (Lipinski definition) is 5. The van der Waals surface area contributed by atoms with Gasteiger partial charge in [0.05, 0.1) is 7.11 Å². The zero-order valence-corrected chi connectivity index (χ0v) is 14.4. The zero-order valence-electron chi connectivity index (χ0n) is 14.4. The van der Waals surface area contributed by atoms with Crippen molar-refractivity contribution in [3.05, 3.63) is 47.2 Å². The number of nitrogens with one attached hydrogen (secondary N) is 2. The Labute approximate surface area is 150 Å². The van der Waals surface area contributed by atoms with Crippen molar-refractivity contribution in [2.75, 3.05) is 20.2 Å². The number of benzene rings is 1. The summed E-state index contributed by atoms with van der Waals surface area (Å²) in [5, 5.41) is 33.4. The first-order chi connectivity index (χ1) is 12.4. The maximum atomic E-state index is 11.1. The van der Waals surface area contributed by atoms with Crippen LogP contribution in [0.4, 0.5) is 0 Å². The molecule has 140 valence electrons. The molecule has 0 saturated heterocycles. The highest BCUT2D eigenvalue weighted by Gasteiger charge is 2.26. The molecule has 0 spiro atoms. The third kappa shape index (κ3) is 5.25. The van der Waals surface area contributed by atoms with Crippen LogP contribution < -0.4 is 15.4 Å². The molecule has 1 aromatic rings. The van der Waals surface area contributed by atoms with Gasteiger partial charge in [0.1, 0.15) is 11.7 Å². The van der Waals surface area contributed by atoms with Gasteiger partial charge in [0.25, 0.3) is 0 Å². The Balaban J connectivity index is 1.88. The second-order valence-corrected chi connectivity index (χ2v) is 5.84. The largest absolute Gasteiger partial charge is 0.504 e. The van der Waals surface area contributed by atoms with Crippen LogP contribution in [0, 0.1) is 0 Å². The molecule has 1 heterocycles. The molecule has 0 radical (unpaired) electrons. The average molecular weight is 362 g/mol. The topological polar surface area (TPSA) is 128 Å². The van der Waals surface area contributed by atoms with Crippen molar-refractivity contribution in [1.29, 1.82) is 0 Å². The molecule has 1 aromatic carbocycles. The molecule has 0 bridgehead atoms. The summed E-state index contributed by atoms with van der Waals surface area (Å²) in [6.07, 6.45) is 4.18. The predicted molar refractivity (Wildman–Crippen MR) is 94.2 cm³/mol. The summed E-state index contributed by atoms with van der Waals surface area (Å²) in [5.41, 5.74) is 1.54. The molecule has 26 heavy (non-hydrogen) atoms. The first-order valence-electron chi connectivity index (χ1n) is 8.10. The maximum absolute atomic E-state index is 11.1. The first-order valence-corrected chi connectivity index (χ1v) is 8.10. The van der Waals surface area contributed by atoms with Crippen molar-refractivity contribution < 1.29 is 29.6 Å². The van der Waals surface area contributed by atoms with Gasteiger partial charge in [0.2, 0.25) is 0 Å². The number of carbonyl (C=O) groups is 2. The minimum atomic E-state index is -1.18. The highest BCUT2D eigenvalue weighted by atomic mass is 16.5. The van der Waals surface area contributed by atoms with E-state index in [4.69, 9.17) is 14.9 Å². The Morgan fingerprint density at radius 2 is 2.15 bits per heavy atom. The number of allylic oxidation sites excluding steroid dienone is 1. The standard InChI is InChI=1S/C18H22N2O6/c1-26-16-10-11(2-3-15(16)21)4-6-19-7-5-12-8-13(17(22)23)20-14(9-12)18(24)25/h2-3,5,8,10,14,19-21H,4,6-7,9H2,1H3,(H,22,23)(H,24,25)/b12-5-/t14-/m0/s1. The fourth-order valence-corrected chi connectivity index (χ4v) is 2.59. The molecule has 0 saturated carbocycles. The maximum Gasteiger partial charge on any atom is 0.351 e. The van der Waals surface area contributed by atoms with Crippen LogP contribution in [-0.2, 0) is 16.0 Å². The van der Waals surface area contributed by atoms with Crippen LogP contribution in [0.15, 0.2) is 41.6 Å². The normalized spacial score (nSPS) is 18.1. The summed E-state index contributed by atoms with van der Waals surface area (Å²) >= 11 is 0. The molecule has 8 heteroatoms. The molecule has 5 N–H and O–H groups in total. The molecular formula is C18H22N2O6. The number of carboxylic acid groups (broad SMARTS) is 2. The van der Waals surface area contributed by atoms with Crippen LogP contribution in [0.2, 0.25) is 0 Å². The van der Waals surface area contributed by atoms with Crippen LogP contribution in [-0.4, -0.2) is 53.5 Å². The molecule has 0 amide bonds. The lowest BCUT2D eigenvalue weighted by molar-refractivity contribution is -0.139. The van der Waals surface area contributed by atoms with Crippen molar-refractivity contribution in [2.45, 2.75) is 18.9 Å². The summed E-state index contributed by atoms with van der Waals surface area (Å²) in [7, 11) is 1.49. The van der Waals surface area contributed by atoms with Gasteiger partial charge in [-0.25, -0.2) is 9.59 Å². The fraction of sp³-hybridized carbons (Fsp3) is 0.333. The monoisotopic (exact) mass is 362 g/mol. The Morgan fingerprint density at radius 1 is 1.38 bits per heavy atom. The Hall–Kier alpha value is -3.00. The van der Waals surface area contributed by atoms with E-state index in [1.165, 1.54) is 13.2 Å². The average Bonchev–Trinajstić information content (AvgIpc) is 2.62. The lowest BCUT2D eigenvalue weighted by Gasteiger charge is -2.22. The second kappa shape index (κ2) is 8.91. The van der Waals surface area contributed by atoms with Crippen LogP contribution in [0.3, 0.4) is 0 Å². The molecule has 1 atom stereocenters. The quantitative estimate of drug-likeness (QED) is 0.431. The summed E-state index contributed by atoms with van der Waals surface area (Å²) in [6, 6.07) is 4.21. The highest BCUT2D eigenvalue weighted by Crippen LogP contribution is 2.26. The Kier molecular flexibility index (Phi) is 6.62. The van der Waals surface area contributed by atoms with Gasteiger partial charge in [0, 0.05) is 13.0 Å². The number of hydrogen-bond acceptors (Lipinski definition) is 6. The fourth-order valence-electron chi connectivity index (χ4n) is 2.59. The number of aliphatic carboxylic acids is 2. The van der Waals surface area contributed by atoms with E-state index < -0.39 is 18.0 Å². The smallest absolute Gasteiger partial charge is 0.351 e. The first kappa shape index (κ1) is 19.3. The number of phenolic OH excluding ortho intramolecular Hbond substituents is 1. The third-order valence-corrected chi connectivity index (χ3v) is 3.97. The van der Waals surface area contributed by atoms with E-state index in [9.17, 15) is 14.7 Å². The molecule has 0 aliphatic carbocycles. The van der Waals surface area contributed by atoms with E-state index >= 15 is 0 Å². The van der Waals surface area contributed by atoms with E-state index in [1.54, 1.807) is 18.2 Å². The molecule has 1 aliphatic rings. The second-order valence-electron chi connectivity index (χ2n) is 5.84. The minimum absolute atomic E-state index is 0.0915. The van der Waals surface area contributed by atoms with Gasteiger partial charge in [0.15, 0.2) is 11.5 Å². The molecule has 0 aromatic heterocycles. The van der Waals surface area contributed by atoms with Crippen LogP contribution in [0.1, 0.15) is 12.0 Å². The van der Waals surface area contributed by atoms with E-state index in [2.05, 4.69) is 10.6 Å². The molecule has 0 fully saturated rings. The number of rotatable bonds is 8. The Morgan fingerprint density at radius 3 is 2.81 bits per heavy atom. The van der Waals surface area contributed by atoms with E-state index in [-0.39, 0.29) is 17.9 Å². The summed E-state index contributed by atoms with van der Waals surface area (Å²) < 4.78 is 5.06. The summed E-state index contributed by atoms with van der Waals surface area (Å²) in [5.74, 6) is -1.76. The number of methoxy groups -OCH3 is 1. The number of ether oxygens (including phenoxy) is 1. The summed E-state index contributed by atoms with van der Waals surface area (Å²) in [4.78, 5) is 22.2. The van der Waals surface area contributed by atoms with Crippen molar-refractivity contribution in [1.82, 2.24) is 10.6 Å². The van der Waals surface area contributed by atoms with Crippen LogP contribution >= 0.6 is 0 Å². The van der Waals surface area contributed by atoms with E-state index in [0.717, 1.165) is 12.0 Å². The number of phenols is 1. The number of carboxylic acids is 2. The molecule has 8 nitrogen and oxygen atoms in total. The van der Waals surface area contributed by atoms with Gasteiger partial charge in [-0.1, -0.05) is 12.1 Å². The molecular weight excluding hydrogens is 340 g/mol. The lowest BCUT2D eigenvalue weighted by Crippen LogP contribution is -2.41. The summed E-state index contributed by atoms with van der Waals surface area (Å²) in [6.45, 7) is 1.15.